The number of aromatic nitrogens is 1. The number of fused-ring (bicyclic) bond motifs is 1. The van der Waals surface area contributed by atoms with Crippen molar-refractivity contribution in [1.82, 2.24) is 4.98 Å². The number of pyridine rings is 1. The second-order valence-electron chi connectivity index (χ2n) is 5.25. The first kappa shape index (κ1) is 13.8. The van der Waals surface area contributed by atoms with Gasteiger partial charge >= 0.3 is 5.69 Å². The molecular weight excluding hydrogens is 270 g/mol. The molecule has 0 amide bonds. The molecule has 0 bridgehead atoms. The van der Waals surface area contributed by atoms with E-state index in [2.05, 4.69) is 10.3 Å². The fourth-order valence-electron chi connectivity index (χ4n) is 2.70. The van der Waals surface area contributed by atoms with Crippen LogP contribution in [-0.4, -0.2) is 29.7 Å². The van der Waals surface area contributed by atoms with E-state index in [9.17, 15) is 10.1 Å². The van der Waals surface area contributed by atoms with Gasteiger partial charge in [0, 0.05) is 19.3 Å². The van der Waals surface area contributed by atoms with E-state index in [0.29, 0.717) is 29.1 Å². The monoisotopic (exact) mass is 287 g/mol. The van der Waals surface area contributed by atoms with E-state index < -0.39 is 0 Å². The smallest absolute Gasteiger partial charge is 0.301 e. The topological polar surface area (TPSA) is 77.3 Å². The largest absolute Gasteiger partial charge is 0.381 e. The van der Waals surface area contributed by atoms with Crippen molar-refractivity contribution in [3.63, 3.8) is 0 Å². The Bertz CT molecular complexity index is 654. The standard InChI is InChI=1S/C15H17N3O3/c19-18(20)15-12-4-1-7-16-13(12)5-6-14(15)17-9-11-3-2-8-21-10-11/h1,4-7,11,17H,2-3,8-10H2. The van der Waals surface area contributed by atoms with Crippen molar-refractivity contribution >= 4 is 22.3 Å². The highest BCUT2D eigenvalue weighted by atomic mass is 16.6. The van der Waals surface area contributed by atoms with Crippen LogP contribution < -0.4 is 5.32 Å². The zero-order valence-electron chi connectivity index (χ0n) is 11.6. The number of benzene rings is 1. The number of rotatable bonds is 4. The Labute approximate surface area is 122 Å². The fourth-order valence-corrected chi connectivity index (χ4v) is 2.70. The Morgan fingerprint density at radius 3 is 3.10 bits per heavy atom. The lowest BCUT2D eigenvalue weighted by molar-refractivity contribution is -0.382. The lowest BCUT2D eigenvalue weighted by Gasteiger charge is -2.22. The third kappa shape index (κ3) is 2.95. The van der Waals surface area contributed by atoms with Gasteiger partial charge in [0.2, 0.25) is 0 Å². The van der Waals surface area contributed by atoms with Crippen LogP contribution in [0.15, 0.2) is 30.5 Å². The minimum atomic E-state index is -0.344. The lowest BCUT2D eigenvalue weighted by atomic mass is 10.0. The molecule has 1 fully saturated rings. The average Bonchev–Trinajstić information content (AvgIpc) is 2.53. The zero-order chi connectivity index (χ0) is 14.7. The number of hydrogen-bond donors (Lipinski definition) is 1. The minimum absolute atomic E-state index is 0.0947. The third-order valence-corrected chi connectivity index (χ3v) is 3.78. The van der Waals surface area contributed by atoms with Crippen LogP contribution in [0.4, 0.5) is 11.4 Å². The maximum Gasteiger partial charge on any atom is 0.301 e. The molecule has 1 unspecified atom stereocenters. The maximum atomic E-state index is 11.4. The predicted octanol–water partition coefficient (Wildman–Crippen LogP) is 2.98. The van der Waals surface area contributed by atoms with Crippen molar-refractivity contribution in [2.45, 2.75) is 12.8 Å². The van der Waals surface area contributed by atoms with E-state index >= 15 is 0 Å². The number of nitrogens with one attached hydrogen (secondary N) is 1. The summed E-state index contributed by atoms with van der Waals surface area (Å²) in [5.74, 6) is 0.406. The summed E-state index contributed by atoms with van der Waals surface area (Å²) in [6.45, 7) is 2.22. The summed E-state index contributed by atoms with van der Waals surface area (Å²) >= 11 is 0. The molecule has 2 aromatic rings. The molecule has 0 radical (unpaired) electrons. The first-order chi connectivity index (χ1) is 10.3. The molecule has 1 saturated heterocycles. The molecule has 110 valence electrons. The van der Waals surface area contributed by atoms with Crippen LogP contribution in [-0.2, 0) is 4.74 Å². The lowest BCUT2D eigenvalue weighted by Crippen LogP contribution is -2.24. The van der Waals surface area contributed by atoms with Crippen LogP contribution in [0.3, 0.4) is 0 Å². The number of nitro benzene ring substituents is 1. The Kier molecular flexibility index (Phi) is 3.96. The molecule has 2 heterocycles. The SMILES string of the molecule is O=[N+]([O-])c1c(NCC2CCCOC2)ccc2ncccc12. The Hall–Kier alpha value is -2.21. The number of ether oxygens (including phenoxy) is 1. The Morgan fingerprint density at radius 1 is 1.43 bits per heavy atom. The van der Waals surface area contributed by atoms with E-state index in [1.165, 1.54) is 0 Å². The first-order valence-electron chi connectivity index (χ1n) is 7.09. The van der Waals surface area contributed by atoms with E-state index in [4.69, 9.17) is 4.74 Å². The van der Waals surface area contributed by atoms with Crippen molar-refractivity contribution < 1.29 is 9.66 Å². The molecule has 6 heteroatoms. The van der Waals surface area contributed by atoms with Gasteiger partial charge in [0.05, 0.1) is 22.4 Å². The van der Waals surface area contributed by atoms with E-state index in [0.717, 1.165) is 26.1 Å². The van der Waals surface area contributed by atoms with Gasteiger partial charge in [0.25, 0.3) is 0 Å². The summed E-state index contributed by atoms with van der Waals surface area (Å²) in [6.07, 6.45) is 3.78. The van der Waals surface area contributed by atoms with E-state index in [-0.39, 0.29) is 10.6 Å². The molecule has 0 saturated carbocycles. The van der Waals surface area contributed by atoms with Gasteiger partial charge in [-0.15, -0.1) is 0 Å². The van der Waals surface area contributed by atoms with Gasteiger partial charge in [-0.1, -0.05) is 0 Å². The quantitative estimate of drug-likeness (QED) is 0.691. The summed E-state index contributed by atoms with van der Waals surface area (Å²) in [5.41, 5.74) is 1.28. The molecule has 1 atom stereocenters. The van der Waals surface area contributed by atoms with Gasteiger partial charge in [-0.05, 0) is 43.0 Å². The molecule has 1 aromatic carbocycles. The molecule has 0 aliphatic carbocycles. The van der Waals surface area contributed by atoms with Crippen LogP contribution in [0.2, 0.25) is 0 Å². The average molecular weight is 287 g/mol. The van der Waals surface area contributed by atoms with Crippen LogP contribution in [0.1, 0.15) is 12.8 Å². The summed E-state index contributed by atoms with van der Waals surface area (Å²) < 4.78 is 5.43. The van der Waals surface area contributed by atoms with Gasteiger partial charge in [-0.25, -0.2) is 0 Å². The Balaban J connectivity index is 1.87. The molecule has 0 spiro atoms. The van der Waals surface area contributed by atoms with Crippen molar-refractivity contribution in [2.24, 2.45) is 5.92 Å². The van der Waals surface area contributed by atoms with Crippen molar-refractivity contribution in [3.8, 4) is 0 Å². The highest BCUT2D eigenvalue weighted by Gasteiger charge is 2.20. The van der Waals surface area contributed by atoms with Crippen molar-refractivity contribution in [1.29, 1.82) is 0 Å². The minimum Gasteiger partial charge on any atom is -0.381 e. The van der Waals surface area contributed by atoms with Gasteiger partial charge in [0.15, 0.2) is 0 Å². The maximum absolute atomic E-state index is 11.4. The summed E-state index contributed by atoms with van der Waals surface area (Å²) in [6, 6.07) is 6.99. The molecule has 1 aliphatic heterocycles. The summed E-state index contributed by atoms with van der Waals surface area (Å²) in [7, 11) is 0. The van der Waals surface area contributed by atoms with E-state index in [1.807, 2.05) is 6.07 Å². The zero-order valence-corrected chi connectivity index (χ0v) is 11.6. The molecule has 1 N–H and O–H groups in total. The second kappa shape index (κ2) is 6.05. The number of anilines is 1. The highest BCUT2D eigenvalue weighted by molar-refractivity contribution is 5.94. The Morgan fingerprint density at radius 2 is 2.33 bits per heavy atom. The first-order valence-corrected chi connectivity index (χ1v) is 7.09. The van der Waals surface area contributed by atoms with Crippen molar-refractivity contribution in [3.05, 3.63) is 40.6 Å². The normalized spacial score (nSPS) is 18.6. The molecule has 6 nitrogen and oxygen atoms in total. The summed E-state index contributed by atoms with van der Waals surface area (Å²) in [5, 5.41) is 15.2. The van der Waals surface area contributed by atoms with E-state index in [1.54, 1.807) is 24.4 Å². The van der Waals surface area contributed by atoms with Gasteiger partial charge in [-0.2, -0.15) is 0 Å². The van der Waals surface area contributed by atoms with Crippen LogP contribution in [0.25, 0.3) is 10.9 Å². The predicted molar refractivity (Wildman–Crippen MR) is 80.4 cm³/mol. The number of hydrogen-bond acceptors (Lipinski definition) is 5. The second-order valence-corrected chi connectivity index (χ2v) is 5.25. The third-order valence-electron chi connectivity index (χ3n) is 3.78. The molecule has 3 rings (SSSR count). The van der Waals surface area contributed by atoms with Crippen LogP contribution >= 0.6 is 0 Å². The molecule has 1 aromatic heterocycles. The van der Waals surface area contributed by atoms with Gasteiger partial charge in [-0.3, -0.25) is 15.1 Å². The number of nitro groups is 1. The molecule has 1 aliphatic rings. The number of nitrogens with zero attached hydrogens (tertiary/aromatic N) is 2. The summed E-state index contributed by atoms with van der Waals surface area (Å²) in [4.78, 5) is 15.2. The molecular formula is C15H17N3O3. The highest BCUT2D eigenvalue weighted by Crippen LogP contribution is 2.32. The molecule has 21 heavy (non-hydrogen) atoms. The van der Waals surface area contributed by atoms with Crippen LogP contribution in [0, 0.1) is 16.0 Å². The fraction of sp³-hybridized carbons (Fsp3) is 0.400. The van der Waals surface area contributed by atoms with Crippen molar-refractivity contribution in [2.75, 3.05) is 25.1 Å². The van der Waals surface area contributed by atoms with Gasteiger partial charge < -0.3 is 10.1 Å². The van der Waals surface area contributed by atoms with Gasteiger partial charge in [0.1, 0.15) is 5.69 Å². The van der Waals surface area contributed by atoms with Crippen LogP contribution in [0.5, 0.6) is 0 Å².